The Kier molecular flexibility index (Phi) is 3.77. The van der Waals surface area contributed by atoms with Crippen LogP contribution in [0, 0.1) is 0 Å². The highest BCUT2D eigenvalue weighted by atomic mass is 32.2. The van der Waals surface area contributed by atoms with Crippen molar-refractivity contribution >= 4 is 17.4 Å². The summed E-state index contributed by atoms with van der Waals surface area (Å²) in [5.74, 6) is 1.10. The maximum atomic E-state index is 5.90. The van der Waals surface area contributed by atoms with Crippen LogP contribution >= 0.6 is 11.8 Å². The van der Waals surface area contributed by atoms with Gasteiger partial charge in [0.2, 0.25) is 0 Å². The van der Waals surface area contributed by atoms with Crippen LogP contribution in [0.4, 0.5) is 5.69 Å². The molecule has 0 atom stereocenters. The Labute approximate surface area is 102 Å². The van der Waals surface area contributed by atoms with Gasteiger partial charge in [0, 0.05) is 35.8 Å². The summed E-state index contributed by atoms with van der Waals surface area (Å²) < 4.78 is 0. The Bertz CT molecular complexity index is 361. The Balaban J connectivity index is 2.31. The first kappa shape index (κ1) is 11.8. The van der Waals surface area contributed by atoms with Gasteiger partial charge in [-0.25, -0.2) is 0 Å². The minimum atomic E-state index is 0.634. The molecule has 0 bridgehead atoms. The Morgan fingerprint density at radius 2 is 2.19 bits per heavy atom. The Hall–Kier alpha value is -0.670. The van der Waals surface area contributed by atoms with Crippen LogP contribution in [0.3, 0.4) is 0 Å². The van der Waals surface area contributed by atoms with Crippen molar-refractivity contribution in [2.75, 3.05) is 17.7 Å². The predicted octanol–water partition coefficient (Wildman–Crippen LogP) is 2.86. The van der Waals surface area contributed by atoms with E-state index in [1.807, 2.05) is 11.8 Å². The molecule has 1 aromatic rings. The van der Waals surface area contributed by atoms with Gasteiger partial charge in [0.1, 0.15) is 0 Å². The van der Waals surface area contributed by atoms with Crippen molar-refractivity contribution in [1.29, 1.82) is 0 Å². The van der Waals surface area contributed by atoms with Crippen LogP contribution in [0.1, 0.15) is 25.3 Å². The van der Waals surface area contributed by atoms with Crippen LogP contribution in [0.15, 0.2) is 23.1 Å². The van der Waals surface area contributed by atoms with Gasteiger partial charge in [-0.3, -0.25) is 0 Å². The number of hydrogen-bond donors (Lipinski definition) is 1. The molecule has 1 fully saturated rings. The second-order valence-electron chi connectivity index (χ2n) is 4.23. The quantitative estimate of drug-likeness (QED) is 0.797. The van der Waals surface area contributed by atoms with Crippen molar-refractivity contribution in [2.24, 2.45) is 5.73 Å². The molecule has 1 aromatic carbocycles. The third-order valence-corrected chi connectivity index (χ3v) is 4.07. The fraction of sp³-hybridized carbons (Fsp3) is 0.538. The number of nitrogens with zero attached hydrogens (tertiary/aromatic N) is 1. The van der Waals surface area contributed by atoms with E-state index in [2.05, 4.69) is 37.1 Å². The average Bonchev–Trinajstić information content (AvgIpc) is 3.12. The monoisotopic (exact) mass is 236 g/mol. The first-order chi connectivity index (χ1) is 7.77. The molecule has 0 amide bonds. The maximum Gasteiger partial charge on any atom is 0.0422 e. The van der Waals surface area contributed by atoms with Crippen LogP contribution in [-0.4, -0.2) is 18.8 Å². The van der Waals surface area contributed by atoms with Crippen molar-refractivity contribution in [2.45, 2.75) is 37.2 Å². The van der Waals surface area contributed by atoms with E-state index in [0.717, 1.165) is 11.8 Å². The third-order valence-electron chi connectivity index (χ3n) is 3.09. The summed E-state index contributed by atoms with van der Waals surface area (Å²) in [5.41, 5.74) is 8.53. The summed E-state index contributed by atoms with van der Waals surface area (Å²) >= 11 is 1.88. The van der Waals surface area contributed by atoms with Crippen LogP contribution in [0.25, 0.3) is 0 Å². The molecule has 2 N–H and O–H groups in total. The van der Waals surface area contributed by atoms with Gasteiger partial charge in [0.15, 0.2) is 0 Å². The number of rotatable bonds is 5. The molecule has 2 rings (SSSR count). The lowest BCUT2D eigenvalue weighted by atomic mass is 10.1. The highest BCUT2D eigenvalue weighted by Gasteiger charge is 2.27. The molecule has 1 saturated carbocycles. The first-order valence-corrected chi connectivity index (χ1v) is 6.94. The summed E-state index contributed by atoms with van der Waals surface area (Å²) in [4.78, 5) is 3.73. The normalized spacial score (nSPS) is 15.2. The van der Waals surface area contributed by atoms with Gasteiger partial charge >= 0.3 is 0 Å². The molecule has 2 nitrogen and oxygen atoms in total. The molecule has 0 unspecified atom stereocenters. The first-order valence-electron chi connectivity index (χ1n) is 5.95. The SMILES string of the molecule is CCSc1cccc(N(C)C2CC2)c1CN. The fourth-order valence-corrected chi connectivity index (χ4v) is 2.89. The smallest absolute Gasteiger partial charge is 0.0422 e. The lowest BCUT2D eigenvalue weighted by molar-refractivity contribution is 0.889. The van der Waals surface area contributed by atoms with Gasteiger partial charge in [0.05, 0.1) is 0 Å². The third kappa shape index (κ3) is 2.36. The molecule has 3 heteroatoms. The molecule has 0 aromatic heterocycles. The average molecular weight is 236 g/mol. The van der Waals surface area contributed by atoms with Crippen molar-refractivity contribution in [3.8, 4) is 0 Å². The van der Waals surface area contributed by atoms with Gasteiger partial charge in [-0.15, -0.1) is 11.8 Å². The molecule has 16 heavy (non-hydrogen) atoms. The molecule has 0 aliphatic heterocycles. The van der Waals surface area contributed by atoms with Crippen LogP contribution in [0.5, 0.6) is 0 Å². The van der Waals surface area contributed by atoms with Crippen molar-refractivity contribution < 1.29 is 0 Å². The number of benzene rings is 1. The predicted molar refractivity (Wildman–Crippen MR) is 72.2 cm³/mol. The van der Waals surface area contributed by atoms with Gasteiger partial charge < -0.3 is 10.6 Å². The fourth-order valence-electron chi connectivity index (χ4n) is 2.04. The highest BCUT2D eigenvalue weighted by molar-refractivity contribution is 7.99. The minimum Gasteiger partial charge on any atom is -0.371 e. The van der Waals surface area contributed by atoms with E-state index in [0.29, 0.717) is 6.54 Å². The topological polar surface area (TPSA) is 29.3 Å². The van der Waals surface area contributed by atoms with Gasteiger partial charge in [-0.05, 0) is 30.7 Å². The van der Waals surface area contributed by atoms with Crippen molar-refractivity contribution in [3.63, 3.8) is 0 Å². The van der Waals surface area contributed by atoms with E-state index < -0.39 is 0 Å². The Morgan fingerprint density at radius 3 is 2.75 bits per heavy atom. The lowest BCUT2D eigenvalue weighted by Gasteiger charge is -2.23. The molecule has 0 heterocycles. The zero-order chi connectivity index (χ0) is 11.5. The molecule has 1 aliphatic carbocycles. The number of hydrogen-bond acceptors (Lipinski definition) is 3. The summed E-state index contributed by atoms with van der Waals surface area (Å²) in [5, 5.41) is 0. The number of nitrogens with two attached hydrogens (primary N) is 1. The number of anilines is 1. The minimum absolute atomic E-state index is 0.634. The van der Waals surface area contributed by atoms with E-state index >= 15 is 0 Å². The van der Waals surface area contributed by atoms with Gasteiger partial charge in [0.25, 0.3) is 0 Å². The summed E-state index contributed by atoms with van der Waals surface area (Å²) in [7, 11) is 2.19. The molecule has 0 radical (unpaired) electrons. The Morgan fingerprint density at radius 1 is 1.44 bits per heavy atom. The van der Waals surface area contributed by atoms with Crippen molar-refractivity contribution in [1.82, 2.24) is 0 Å². The van der Waals surface area contributed by atoms with E-state index in [4.69, 9.17) is 5.73 Å². The summed E-state index contributed by atoms with van der Waals surface area (Å²) in [6.07, 6.45) is 2.65. The zero-order valence-electron chi connectivity index (χ0n) is 10.1. The molecule has 1 aliphatic rings. The molecule has 0 spiro atoms. The largest absolute Gasteiger partial charge is 0.371 e. The van der Waals surface area contributed by atoms with Crippen molar-refractivity contribution in [3.05, 3.63) is 23.8 Å². The second kappa shape index (κ2) is 5.11. The maximum absolute atomic E-state index is 5.90. The second-order valence-corrected chi connectivity index (χ2v) is 5.54. The summed E-state index contributed by atoms with van der Waals surface area (Å²) in [6.45, 7) is 2.82. The lowest BCUT2D eigenvalue weighted by Crippen LogP contribution is -2.22. The molecular weight excluding hydrogens is 216 g/mol. The zero-order valence-corrected chi connectivity index (χ0v) is 10.9. The van der Waals surface area contributed by atoms with E-state index in [1.165, 1.54) is 29.0 Å². The van der Waals surface area contributed by atoms with E-state index in [1.54, 1.807) is 0 Å². The van der Waals surface area contributed by atoms with Crippen LogP contribution in [0.2, 0.25) is 0 Å². The molecule has 88 valence electrons. The molecule has 0 saturated heterocycles. The van der Waals surface area contributed by atoms with Crippen LogP contribution in [-0.2, 0) is 6.54 Å². The molecular formula is C13H20N2S. The highest BCUT2D eigenvalue weighted by Crippen LogP contribution is 2.35. The van der Waals surface area contributed by atoms with Gasteiger partial charge in [-0.1, -0.05) is 13.0 Å². The van der Waals surface area contributed by atoms with Gasteiger partial charge in [-0.2, -0.15) is 0 Å². The number of thioether (sulfide) groups is 1. The standard InChI is InChI=1S/C13H20N2S/c1-3-16-13-6-4-5-12(11(13)9-14)15(2)10-7-8-10/h4-6,10H,3,7-9,14H2,1-2H3. The van der Waals surface area contributed by atoms with E-state index in [9.17, 15) is 0 Å². The summed E-state index contributed by atoms with van der Waals surface area (Å²) in [6, 6.07) is 7.26. The van der Waals surface area contributed by atoms with E-state index in [-0.39, 0.29) is 0 Å². The van der Waals surface area contributed by atoms with Crippen LogP contribution < -0.4 is 10.6 Å².